The highest BCUT2D eigenvalue weighted by Gasteiger charge is 2.45. The molecule has 31 heavy (non-hydrogen) atoms. The fourth-order valence-corrected chi connectivity index (χ4v) is 3.33. The zero-order valence-electron chi connectivity index (χ0n) is 16.8. The number of rotatable bonds is 10. The van der Waals surface area contributed by atoms with E-state index in [0.717, 1.165) is 4.90 Å². The molecule has 1 unspecified atom stereocenters. The van der Waals surface area contributed by atoms with Crippen LogP contribution in [0, 0.1) is 0 Å². The van der Waals surface area contributed by atoms with Gasteiger partial charge in [-0.05, 0) is 18.6 Å². The predicted molar refractivity (Wildman–Crippen MR) is 117 cm³/mol. The number of hydrogen-bond acceptors (Lipinski definition) is 8. The summed E-state index contributed by atoms with van der Waals surface area (Å²) in [4.78, 5) is 50.1. The van der Waals surface area contributed by atoms with Crippen molar-refractivity contribution in [3.63, 3.8) is 0 Å². The Balaban J connectivity index is 0.00000240. The van der Waals surface area contributed by atoms with Gasteiger partial charge in [-0.2, -0.15) is 0 Å². The summed E-state index contributed by atoms with van der Waals surface area (Å²) in [6.45, 7) is 2.63. The monoisotopic (exact) mass is 476 g/mol. The van der Waals surface area contributed by atoms with Crippen LogP contribution in [0.3, 0.4) is 0 Å². The first-order chi connectivity index (χ1) is 14.0. The number of anilines is 1. The van der Waals surface area contributed by atoms with Crippen LogP contribution in [-0.2, 0) is 19.1 Å². The molecule has 172 valence electrons. The highest BCUT2D eigenvalue weighted by atomic mass is 35.5. The Kier molecular flexibility index (Phi) is 10.9. The Morgan fingerprint density at radius 1 is 1.03 bits per heavy atom. The quantitative estimate of drug-likeness (QED) is 0.324. The summed E-state index contributed by atoms with van der Waals surface area (Å²) in [7, 11) is 0. The zero-order chi connectivity index (χ0) is 20.8. The van der Waals surface area contributed by atoms with E-state index in [1.807, 2.05) is 0 Å². The molecule has 0 bridgehead atoms. The van der Waals surface area contributed by atoms with Crippen molar-refractivity contribution in [2.24, 2.45) is 5.73 Å². The molecule has 0 radical (unpaired) electrons. The van der Waals surface area contributed by atoms with Gasteiger partial charge in [-0.1, -0.05) is 6.07 Å². The Morgan fingerprint density at radius 2 is 1.74 bits per heavy atom. The average molecular weight is 477 g/mol. The molecule has 1 atom stereocenters. The second-order valence-corrected chi connectivity index (χ2v) is 6.62. The molecule has 0 aromatic heterocycles. The van der Waals surface area contributed by atoms with Crippen molar-refractivity contribution in [2.75, 3.05) is 44.8 Å². The first kappa shape index (κ1) is 26.8. The molecule has 1 fully saturated rings. The van der Waals surface area contributed by atoms with Gasteiger partial charge in [0.15, 0.2) is 0 Å². The fourth-order valence-electron chi connectivity index (χ4n) is 3.33. The minimum atomic E-state index is -0.982. The fraction of sp³-hybridized carbons (Fsp3) is 0.474. The van der Waals surface area contributed by atoms with Gasteiger partial charge in [0, 0.05) is 25.2 Å². The minimum Gasteiger partial charge on any atom is -0.382 e. The molecule has 12 heteroatoms. The van der Waals surface area contributed by atoms with Crippen LogP contribution in [0.2, 0.25) is 0 Å². The molecule has 0 aliphatic carbocycles. The number of nitrogens with one attached hydrogen (secondary N) is 2. The Bertz CT molecular complexity index is 823. The number of nitrogens with zero attached hydrogens (tertiary/aromatic N) is 1. The molecule has 2 heterocycles. The number of hydrogen-bond donors (Lipinski definition) is 3. The third kappa shape index (κ3) is 6.14. The smallest absolute Gasteiger partial charge is 0.264 e. The van der Waals surface area contributed by atoms with Gasteiger partial charge < -0.3 is 20.5 Å². The molecule has 0 saturated carbocycles. The average Bonchev–Trinajstić information content (AvgIpc) is 2.95. The molecule has 1 aromatic carbocycles. The van der Waals surface area contributed by atoms with Crippen molar-refractivity contribution in [3.8, 4) is 0 Å². The van der Waals surface area contributed by atoms with Crippen molar-refractivity contribution < 1.29 is 28.7 Å². The molecular formula is C19H26Cl2N4O6. The second kappa shape index (κ2) is 12.6. The SMILES string of the molecule is Cl.Cl.NCCOCCOCCNc1cccc2c1C(=O)N(C1CCC(=O)NC1=O)C2=O. The summed E-state index contributed by atoms with van der Waals surface area (Å²) in [5.74, 6) is -2.11. The number of fused-ring (bicyclic) bond motifs is 1. The molecule has 2 aliphatic heterocycles. The number of ether oxygens (including phenoxy) is 2. The number of halogens is 2. The van der Waals surface area contributed by atoms with Crippen LogP contribution < -0.4 is 16.4 Å². The van der Waals surface area contributed by atoms with E-state index in [2.05, 4.69) is 10.6 Å². The highest BCUT2D eigenvalue weighted by molar-refractivity contribution is 6.25. The zero-order valence-corrected chi connectivity index (χ0v) is 18.4. The van der Waals surface area contributed by atoms with Crippen molar-refractivity contribution >= 4 is 54.1 Å². The summed E-state index contributed by atoms with van der Waals surface area (Å²) in [5.41, 5.74) is 6.29. The third-order valence-corrected chi connectivity index (χ3v) is 4.66. The predicted octanol–water partition coefficient (Wildman–Crippen LogP) is 0.335. The van der Waals surface area contributed by atoms with Gasteiger partial charge in [0.05, 0.1) is 37.6 Å². The van der Waals surface area contributed by atoms with Crippen molar-refractivity contribution in [3.05, 3.63) is 29.3 Å². The molecule has 4 amide bonds. The topological polar surface area (TPSA) is 140 Å². The number of carbonyl (C=O) groups is 4. The largest absolute Gasteiger partial charge is 0.382 e. The van der Waals surface area contributed by atoms with Crippen LogP contribution in [0.15, 0.2) is 18.2 Å². The maximum atomic E-state index is 12.9. The standard InChI is InChI=1S/C19H24N4O6.2ClH/c20-6-8-28-10-11-29-9-7-21-13-3-1-2-12-16(13)19(27)23(18(12)26)14-4-5-15(24)22-17(14)25;;/h1-3,14,21H,4-11,20H2,(H,22,24,25);2*1H. The number of carbonyl (C=O) groups excluding carboxylic acids is 4. The molecular weight excluding hydrogens is 451 g/mol. The van der Waals surface area contributed by atoms with Gasteiger partial charge >= 0.3 is 0 Å². The summed E-state index contributed by atoms with van der Waals surface area (Å²) in [6, 6.07) is 3.94. The van der Waals surface area contributed by atoms with Crippen molar-refractivity contribution in [1.29, 1.82) is 0 Å². The summed E-state index contributed by atoms with van der Waals surface area (Å²) in [6.07, 6.45) is 0.209. The first-order valence-electron chi connectivity index (χ1n) is 9.48. The number of amides is 4. The lowest BCUT2D eigenvalue weighted by atomic mass is 10.0. The van der Waals surface area contributed by atoms with Gasteiger partial charge in [0.25, 0.3) is 11.8 Å². The van der Waals surface area contributed by atoms with Crippen molar-refractivity contribution in [2.45, 2.75) is 18.9 Å². The van der Waals surface area contributed by atoms with Gasteiger partial charge in [0.1, 0.15) is 6.04 Å². The molecule has 2 aliphatic rings. The van der Waals surface area contributed by atoms with E-state index in [1.54, 1.807) is 18.2 Å². The summed E-state index contributed by atoms with van der Waals surface area (Å²) in [5, 5.41) is 5.28. The van der Waals surface area contributed by atoms with Crippen LogP contribution >= 0.6 is 24.8 Å². The summed E-state index contributed by atoms with van der Waals surface area (Å²) >= 11 is 0. The maximum absolute atomic E-state index is 12.9. The minimum absolute atomic E-state index is 0. The summed E-state index contributed by atoms with van der Waals surface area (Å²) < 4.78 is 10.6. The Morgan fingerprint density at radius 3 is 2.42 bits per heavy atom. The first-order valence-corrected chi connectivity index (χ1v) is 9.48. The highest BCUT2D eigenvalue weighted by Crippen LogP contribution is 2.32. The number of piperidine rings is 1. The van der Waals surface area contributed by atoms with Crippen LogP contribution in [0.4, 0.5) is 5.69 Å². The van der Waals surface area contributed by atoms with Crippen LogP contribution in [0.1, 0.15) is 33.6 Å². The van der Waals surface area contributed by atoms with E-state index in [9.17, 15) is 19.2 Å². The molecule has 1 aromatic rings. The Hall–Kier alpha value is -2.24. The Labute approximate surface area is 192 Å². The van der Waals surface area contributed by atoms with Gasteiger partial charge in [0.2, 0.25) is 11.8 Å². The van der Waals surface area contributed by atoms with E-state index in [-0.39, 0.29) is 48.8 Å². The van der Waals surface area contributed by atoms with E-state index in [4.69, 9.17) is 15.2 Å². The molecule has 3 rings (SSSR count). The number of nitrogens with two attached hydrogens (primary N) is 1. The van der Waals surface area contributed by atoms with Crippen molar-refractivity contribution in [1.82, 2.24) is 10.2 Å². The lowest BCUT2D eigenvalue weighted by Gasteiger charge is -2.27. The third-order valence-electron chi connectivity index (χ3n) is 4.66. The number of benzene rings is 1. The van der Waals surface area contributed by atoms with E-state index in [1.165, 1.54) is 0 Å². The second-order valence-electron chi connectivity index (χ2n) is 6.62. The van der Waals surface area contributed by atoms with Gasteiger partial charge in [-0.25, -0.2) is 0 Å². The number of imide groups is 2. The molecule has 4 N–H and O–H groups in total. The lowest BCUT2D eigenvalue weighted by Crippen LogP contribution is -2.54. The van der Waals surface area contributed by atoms with E-state index < -0.39 is 29.7 Å². The van der Waals surface area contributed by atoms with E-state index >= 15 is 0 Å². The van der Waals surface area contributed by atoms with Gasteiger partial charge in [-0.3, -0.25) is 29.4 Å². The lowest BCUT2D eigenvalue weighted by molar-refractivity contribution is -0.136. The van der Waals surface area contributed by atoms with Crippen LogP contribution in [0.5, 0.6) is 0 Å². The maximum Gasteiger partial charge on any atom is 0.264 e. The molecule has 0 spiro atoms. The van der Waals surface area contributed by atoms with Gasteiger partial charge in [-0.15, -0.1) is 24.8 Å². The molecule has 1 saturated heterocycles. The van der Waals surface area contributed by atoms with Crippen LogP contribution in [-0.4, -0.2) is 74.1 Å². The van der Waals surface area contributed by atoms with Crippen LogP contribution in [0.25, 0.3) is 0 Å². The van der Waals surface area contributed by atoms with E-state index in [0.29, 0.717) is 45.2 Å². The normalized spacial score (nSPS) is 17.6. The molecule has 10 nitrogen and oxygen atoms in total.